The molecule has 0 saturated heterocycles. The average Bonchev–Trinajstić information content (AvgIpc) is 3.01. The van der Waals surface area contributed by atoms with Gasteiger partial charge in [0.15, 0.2) is 11.5 Å². The topological polar surface area (TPSA) is 43.4 Å². The molecule has 1 aromatic heterocycles. The lowest BCUT2D eigenvalue weighted by molar-refractivity contribution is 0.174. The van der Waals surface area contributed by atoms with Crippen molar-refractivity contribution >= 4 is 11.3 Å². The minimum Gasteiger partial charge on any atom is -0.454 e. The number of benzene rings is 1. The zero-order chi connectivity index (χ0) is 13.2. The first-order chi connectivity index (χ1) is 9.28. The number of likely N-dealkylation sites (N-methyl/N-ethyl adjacent to an activating group) is 1. The van der Waals surface area contributed by atoms with E-state index in [1.807, 2.05) is 25.2 Å². The number of hydrogen-bond donors (Lipinski definition) is 1. The highest BCUT2D eigenvalue weighted by Crippen LogP contribution is 2.37. The molecule has 0 bridgehead atoms. The summed E-state index contributed by atoms with van der Waals surface area (Å²) in [7, 11) is 1.96. The van der Waals surface area contributed by atoms with E-state index in [9.17, 15) is 0 Å². The zero-order valence-electron chi connectivity index (χ0n) is 11.0. The molecule has 4 nitrogen and oxygen atoms in total. The van der Waals surface area contributed by atoms with Gasteiger partial charge in [0.05, 0.1) is 10.7 Å². The molecule has 0 amide bonds. The van der Waals surface area contributed by atoms with Crippen molar-refractivity contribution in [3.63, 3.8) is 0 Å². The smallest absolute Gasteiger partial charge is 0.231 e. The number of nitrogens with one attached hydrogen (secondary N) is 1. The Labute approximate surface area is 116 Å². The molecule has 1 aliphatic heterocycles. The van der Waals surface area contributed by atoms with Gasteiger partial charge in [-0.2, -0.15) is 0 Å². The van der Waals surface area contributed by atoms with Crippen LogP contribution in [0.15, 0.2) is 18.2 Å². The summed E-state index contributed by atoms with van der Waals surface area (Å²) >= 11 is 1.76. The van der Waals surface area contributed by atoms with E-state index in [4.69, 9.17) is 14.5 Å². The van der Waals surface area contributed by atoms with Crippen LogP contribution in [0.5, 0.6) is 11.5 Å². The third-order valence-corrected chi connectivity index (χ3v) is 4.11. The van der Waals surface area contributed by atoms with Crippen LogP contribution in [0.4, 0.5) is 0 Å². The fraction of sp³-hybridized carbons (Fsp3) is 0.357. The van der Waals surface area contributed by atoms with Gasteiger partial charge in [-0.1, -0.05) is 0 Å². The molecule has 2 aromatic rings. The van der Waals surface area contributed by atoms with Gasteiger partial charge >= 0.3 is 0 Å². The monoisotopic (exact) mass is 276 g/mol. The largest absolute Gasteiger partial charge is 0.454 e. The second-order valence-corrected chi connectivity index (χ2v) is 5.72. The Morgan fingerprint density at radius 1 is 1.32 bits per heavy atom. The molecule has 0 radical (unpaired) electrons. The van der Waals surface area contributed by atoms with E-state index in [-0.39, 0.29) is 0 Å². The van der Waals surface area contributed by atoms with Crippen molar-refractivity contribution in [2.24, 2.45) is 0 Å². The summed E-state index contributed by atoms with van der Waals surface area (Å²) in [6, 6.07) is 5.99. The molecule has 1 aromatic carbocycles. The lowest BCUT2D eigenvalue weighted by atomic mass is 10.1. The number of rotatable bonds is 4. The second-order valence-electron chi connectivity index (χ2n) is 4.43. The van der Waals surface area contributed by atoms with E-state index in [1.54, 1.807) is 11.3 Å². The van der Waals surface area contributed by atoms with E-state index in [0.717, 1.165) is 35.7 Å². The van der Waals surface area contributed by atoms with Crippen LogP contribution >= 0.6 is 11.3 Å². The molecule has 0 atom stereocenters. The number of aryl methyl sites for hydroxylation is 1. The molecule has 19 heavy (non-hydrogen) atoms. The molecule has 3 rings (SSSR count). The van der Waals surface area contributed by atoms with Gasteiger partial charge in [-0.3, -0.25) is 0 Å². The minimum atomic E-state index is 0.308. The highest BCUT2D eigenvalue weighted by Gasteiger charge is 2.16. The predicted octanol–water partition coefficient (Wildman–Crippen LogP) is 2.61. The highest BCUT2D eigenvalue weighted by atomic mass is 32.1. The van der Waals surface area contributed by atoms with Crippen LogP contribution in [0.2, 0.25) is 0 Å². The number of fused-ring (bicyclic) bond motifs is 1. The lowest BCUT2D eigenvalue weighted by Gasteiger charge is -2.01. The Balaban J connectivity index is 1.91. The Morgan fingerprint density at radius 3 is 3.00 bits per heavy atom. The molecule has 0 spiro atoms. The van der Waals surface area contributed by atoms with Crippen molar-refractivity contribution in [3.05, 3.63) is 28.1 Å². The van der Waals surface area contributed by atoms with Crippen LogP contribution in [0, 0.1) is 6.92 Å². The van der Waals surface area contributed by atoms with Gasteiger partial charge in [0.2, 0.25) is 6.79 Å². The number of nitrogens with zero attached hydrogens (tertiary/aromatic N) is 1. The summed E-state index contributed by atoms with van der Waals surface area (Å²) in [4.78, 5) is 5.97. The third kappa shape index (κ3) is 2.43. The maximum atomic E-state index is 5.42. The van der Waals surface area contributed by atoms with Gasteiger partial charge in [-0.15, -0.1) is 11.3 Å². The number of thiazole rings is 1. The maximum absolute atomic E-state index is 5.42. The molecule has 100 valence electrons. The van der Waals surface area contributed by atoms with Crippen molar-refractivity contribution in [2.75, 3.05) is 20.4 Å². The second kappa shape index (κ2) is 5.19. The van der Waals surface area contributed by atoms with Crippen LogP contribution in [-0.4, -0.2) is 25.4 Å². The summed E-state index contributed by atoms with van der Waals surface area (Å²) in [5.41, 5.74) is 2.14. The summed E-state index contributed by atoms with van der Waals surface area (Å²) in [6.45, 7) is 3.37. The lowest BCUT2D eigenvalue weighted by Crippen LogP contribution is -2.09. The van der Waals surface area contributed by atoms with Gasteiger partial charge in [0, 0.05) is 23.4 Å². The summed E-state index contributed by atoms with van der Waals surface area (Å²) in [6.07, 6.45) is 0.965. The SMILES string of the molecule is CNCCc1nc(-c2ccc3c(c2)OCO3)c(C)s1. The van der Waals surface area contributed by atoms with Crippen LogP contribution in [-0.2, 0) is 6.42 Å². The van der Waals surface area contributed by atoms with E-state index >= 15 is 0 Å². The average molecular weight is 276 g/mol. The van der Waals surface area contributed by atoms with Crippen LogP contribution in [0.25, 0.3) is 11.3 Å². The number of aromatic nitrogens is 1. The molecular weight excluding hydrogens is 260 g/mol. The molecular formula is C14H16N2O2S. The van der Waals surface area contributed by atoms with Crippen molar-refractivity contribution < 1.29 is 9.47 Å². The van der Waals surface area contributed by atoms with Crippen molar-refractivity contribution in [2.45, 2.75) is 13.3 Å². The van der Waals surface area contributed by atoms with E-state index in [2.05, 4.69) is 12.2 Å². The van der Waals surface area contributed by atoms with Crippen molar-refractivity contribution in [1.82, 2.24) is 10.3 Å². The Morgan fingerprint density at radius 2 is 2.16 bits per heavy atom. The summed E-state index contributed by atoms with van der Waals surface area (Å²) < 4.78 is 10.7. The molecule has 5 heteroatoms. The van der Waals surface area contributed by atoms with Gasteiger partial charge in [-0.25, -0.2) is 4.98 Å². The fourth-order valence-corrected chi connectivity index (χ4v) is 3.06. The molecule has 1 aliphatic rings. The van der Waals surface area contributed by atoms with Crippen molar-refractivity contribution in [1.29, 1.82) is 0 Å². The first kappa shape index (κ1) is 12.4. The highest BCUT2D eigenvalue weighted by molar-refractivity contribution is 7.12. The zero-order valence-corrected chi connectivity index (χ0v) is 11.8. The third-order valence-electron chi connectivity index (χ3n) is 3.08. The Hall–Kier alpha value is -1.59. The summed E-state index contributed by atoms with van der Waals surface area (Å²) in [5.74, 6) is 1.62. The normalized spacial score (nSPS) is 12.9. The fourth-order valence-electron chi connectivity index (χ4n) is 2.10. The minimum absolute atomic E-state index is 0.308. The van der Waals surface area contributed by atoms with E-state index in [1.165, 1.54) is 9.88 Å². The first-order valence-corrected chi connectivity index (χ1v) is 7.10. The Bertz CT molecular complexity index is 595. The quantitative estimate of drug-likeness (QED) is 0.932. The molecule has 0 fully saturated rings. The summed E-state index contributed by atoms with van der Waals surface area (Å²) in [5, 5.41) is 4.32. The maximum Gasteiger partial charge on any atom is 0.231 e. The van der Waals surface area contributed by atoms with Gasteiger partial charge < -0.3 is 14.8 Å². The standard InChI is InChI=1S/C14H16N2O2S/c1-9-14(16-13(19-9)5-6-15-2)10-3-4-11-12(7-10)18-8-17-11/h3-4,7,15H,5-6,8H2,1-2H3. The first-order valence-electron chi connectivity index (χ1n) is 6.29. The van der Waals surface area contributed by atoms with Crippen LogP contribution < -0.4 is 14.8 Å². The van der Waals surface area contributed by atoms with E-state index in [0.29, 0.717) is 6.79 Å². The van der Waals surface area contributed by atoms with Crippen LogP contribution in [0.1, 0.15) is 9.88 Å². The Kier molecular flexibility index (Phi) is 3.40. The van der Waals surface area contributed by atoms with Gasteiger partial charge in [0.25, 0.3) is 0 Å². The van der Waals surface area contributed by atoms with Crippen molar-refractivity contribution in [3.8, 4) is 22.8 Å². The predicted molar refractivity (Wildman–Crippen MR) is 76.0 cm³/mol. The van der Waals surface area contributed by atoms with Gasteiger partial charge in [-0.05, 0) is 32.2 Å². The number of ether oxygens (including phenoxy) is 2. The van der Waals surface area contributed by atoms with Gasteiger partial charge in [0.1, 0.15) is 0 Å². The number of hydrogen-bond acceptors (Lipinski definition) is 5. The van der Waals surface area contributed by atoms with E-state index < -0.39 is 0 Å². The molecule has 2 heterocycles. The van der Waals surface area contributed by atoms with Crippen LogP contribution in [0.3, 0.4) is 0 Å². The molecule has 0 unspecified atom stereocenters. The molecule has 0 aliphatic carbocycles. The molecule has 1 N–H and O–H groups in total. The molecule has 0 saturated carbocycles.